The van der Waals surface area contributed by atoms with Crippen molar-refractivity contribution in [1.29, 1.82) is 0 Å². The van der Waals surface area contributed by atoms with Crippen molar-refractivity contribution >= 4 is 34.5 Å². The molecule has 4 aliphatic rings. The summed E-state index contributed by atoms with van der Waals surface area (Å²) in [6, 6.07) is -0.191. The van der Waals surface area contributed by atoms with Crippen LogP contribution in [0, 0.1) is 5.82 Å². The fourth-order valence-corrected chi connectivity index (χ4v) is 6.65. The second kappa shape index (κ2) is 9.25. The Morgan fingerprint density at radius 1 is 1.13 bits per heavy atom. The van der Waals surface area contributed by atoms with Crippen LogP contribution in [0.5, 0.6) is 6.01 Å². The van der Waals surface area contributed by atoms with Gasteiger partial charge in [-0.15, -0.1) is 10.2 Å². The number of alkyl halides is 1. The number of anilines is 1. The van der Waals surface area contributed by atoms with Gasteiger partial charge in [0.25, 0.3) is 0 Å². The maximum Gasteiger partial charge on any atom is 0.410 e. The van der Waals surface area contributed by atoms with Gasteiger partial charge in [-0.05, 0) is 53.0 Å². The minimum absolute atomic E-state index is 0.0130. The number of amides is 1. The van der Waals surface area contributed by atoms with E-state index < -0.39 is 23.1 Å². The van der Waals surface area contributed by atoms with Crippen LogP contribution in [0.4, 0.5) is 19.4 Å². The molecule has 6 heterocycles. The normalized spacial score (nSPS) is 29.3. The topological polar surface area (TPSA) is 96.8 Å². The molecule has 4 fully saturated rings. The zero-order chi connectivity index (χ0) is 26.8. The predicted octanol–water partition coefficient (Wildman–Crippen LogP) is 3.76. The Kier molecular flexibility index (Phi) is 6.25. The lowest BCUT2D eigenvalue weighted by Gasteiger charge is -2.41. The quantitative estimate of drug-likeness (QED) is 0.562. The Hall–Kier alpha value is -2.60. The van der Waals surface area contributed by atoms with Gasteiger partial charge in [0.2, 0.25) is 0 Å². The van der Waals surface area contributed by atoms with Crippen LogP contribution in [-0.2, 0) is 4.74 Å². The molecule has 0 radical (unpaired) electrons. The molecular formula is C25H32ClF2N7O3. The van der Waals surface area contributed by atoms with Crippen molar-refractivity contribution in [2.45, 2.75) is 82.3 Å². The van der Waals surface area contributed by atoms with Gasteiger partial charge in [-0.2, -0.15) is 9.97 Å². The number of carbonyl (C=O) groups is 1. The zero-order valence-corrected chi connectivity index (χ0v) is 22.5. The van der Waals surface area contributed by atoms with Gasteiger partial charge in [-0.25, -0.2) is 13.6 Å². The first-order valence-electron chi connectivity index (χ1n) is 13.2. The van der Waals surface area contributed by atoms with E-state index in [9.17, 15) is 9.18 Å². The summed E-state index contributed by atoms with van der Waals surface area (Å²) in [7, 11) is 0. The number of carbonyl (C=O) groups excluding carboxylic acids is 1. The first kappa shape index (κ1) is 25.7. The van der Waals surface area contributed by atoms with Crippen molar-refractivity contribution in [2.75, 3.05) is 37.7 Å². The van der Waals surface area contributed by atoms with Crippen molar-refractivity contribution in [1.82, 2.24) is 30.0 Å². The lowest BCUT2D eigenvalue weighted by Crippen LogP contribution is -2.57. The molecule has 1 amide bonds. The second-order valence-corrected chi connectivity index (χ2v) is 12.2. The molecule has 206 valence electrons. The van der Waals surface area contributed by atoms with Crippen molar-refractivity contribution in [2.24, 2.45) is 0 Å². The molecule has 2 aromatic heterocycles. The van der Waals surface area contributed by atoms with Crippen LogP contribution in [0.1, 0.15) is 52.9 Å². The first-order valence-corrected chi connectivity index (χ1v) is 13.6. The Bertz CT molecular complexity index is 1250. The highest BCUT2D eigenvalue weighted by molar-refractivity contribution is 6.30. The van der Waals surface area contributed by atoms with Crippen molar-refractivity contribution in [3.8, 4) is 6.01 Å². The van der Waals surface area contributed by atoms with Gasteiger partial charge >= 0.3 is 12.1 Å². The van der Waals surface area contributed by atoms with E-state index in [1.165, 1.54) is 0 Å². The van der Waals surface area contributed by atoms with Gasteiger partial charge in [0, 0.05) is 26.1 Å². The van der Waals surface area contributed by atoms with Crippen molar-refractivity contribution in [3.05, 3.63) is 11.0 Å². The Labute approximate surface area is 224 Å². The summed E-state index contributed by atoms with van der Waals surface area (Å²) in [4.78, 5) is 27.8. The summed E-state index contributed by atoms with van der Waals surface area (Å²) in [6.07, 6.45) is 2.62. The van der Waals surface area contributed by atoms with Gasteiger partial charge in [0.15, 0.2) is 22.3 Å². The van der Waals surface area contributed by atoms with E-state index >= 15 is 4.39 Å². The molecule has 0 saturated carbocycles. The van der Waals surface area contributed by atoms with Crippen LogP contribution in [-0.4, -0.2) is 98.2 Å². The molecule has 0 spiro atoms. The third kappa shape index (κ3) is 4.49. The van der Waals surface area contributed by atoms with Crippen molar-refractivity contribution in [3.63, 3.8) is 0 Å². The lowest BCUT2D eigenvalue weighted by molar-refractivity contribution is 0.0122. The number of aromatic nitrogens is 4. The van der Waals surface area contributed by atoms with Gasteiger partial charge in [-0.1, -0.05) is 11.6 Å². The Morgan fingerprint density at radius 2 is 1.87 bits per heavy atom. The van der Waals surface area contributed by atoms with Gasteiger partial charge < -0.3 is 14.4 Å². The smallest absolute Gasteiger partial charge is 0.410 e. The second-order valence-electron chi connectivity index (χ2n) is 11.9. The number of hydrogen-bond acceptors (Lipinski definition) is 9. The molecule has 2 aromatic rings. The number of ether oxygens (including phenoxy) is 2. The standard InChI is InChI=1S/C25H32ClF2N7O3/c1-24(2,3)38-23(36)35-15-5-6-16(35)12-33(11-15)21-19-18(17(28)20(26)32-31-19)29-22(30-21)37-13-25-7-4-8-34(25)10-14(27)9-25/h14-16H,4-13H2,1-3H3/t14-,15?,16?,25+/m1/s1. The molecule has 2 unspecified atom stereocenters. The molecule has 0 N–H and O–H groups in total. The van der Waals surface area contributed by atoms with Crippen LogP contribution < -0.4 is 9.64 Å². The molecule has 0 aromatic carbocycles. The molecule has 10 nitrogen and oxygen atoms in total. The van der Waals surface area contributed by atoms with E-state index in [4.69, 9.17) is 21.1 Å². The molecule has 6 rings (SSSR count). The SMILES string of the molecule is CC(C)(C)OC(=O)N1C2CCC1CN(c1nc(OC[C@@]34CCCN3C[C@H](F)C4)nc3c(F)c(Cl)nnc13)C2. The number of hydrogen-bond donors (Lipinski definition) is 0. The van der Waals surface area contributed by atoms with Crippen molar-refractivity contribution < 1.29 is 23.0 Å². The number of nitrogens with zero attached hydrogens (tertiary/aromatic N) is 7. The average molecular weight is 552 g/mol. The third-order valence-electron chi connectivity index (χ3n) is 8.09. The minimum atomic E-state index is -0.893. The summed E-state index contributed by atoms with van der Waals surface area (Å²) in [6.45, 7) is 7.92. The first-order chi connectivity index (χ1) is 18.0. The average Bonchev–Trinajstić information content (AvgIpc) is 3.46. The number of piperazine rings is 1. The van der Waals surface area contributed by atoms with Crippen LogP contribution >= 0.6 is 11.6 Å². The molecule has 0 aliphatic carbocycles. The highest BCUT2D eigenvalue weighted by atomic mass is 35.5. The highest BCUT2D eigenvalue weighted by Crippen LogP contribution is 2.41. The maximum atomic E-state index is 15.1. The fourth-order valence-electron chi connectivity index (χ4n) is 6.52. The van der Waals surface area contributed by atoms with E-state index in [-0.39, 0.29) is 47.0 Å². The monoisotopic (exact) mass is 551 g/mol. The van der Waals surface area contributed by atoms with Crippen LogP contribution in [0.15, 0.2) is 0 Å². The molecule has 13 heteroatoms. The maximum absolute atomic E-state index is 15.1. The lowest BCUT2D eigenvalue weighted by atomic mass is 9.95. The molecule has 4 saturated heterocycles. The van der Waals surface area contributed by atoms with E-state index in [0.717, 1.165) is 32.2 Å². The predicted molar refractivity (Wildman–Crippen MR) is 136 cm³/mol. The van der Waals surface area contributed by atoms with Gasteiger partial charge in [0.05, 0.1) is 17.6 Å². The number of fused-ring (bicyclic) bond motifs is 4. The molecule has 2 bridgehead atoms. The molecule has 4 aliphatic heterocycles. The fraction of sp³-hybridized carbons (Fsp3) is 0.720. The summed E-state index contributed by atoms with van der Waals surface area (Å²) in [5, 5.41) is 7.48. The van der Waals surface area contributed by atoms with E-state index in [1.807, 2.05) is 30.6 Å². The van der Waals surface area contributed by atoms with Crippen LogP contribution in [0.25, 0.3) is 11.0 Å². The highest BCUT2D eigenvalue weighted by Gasteiger charge is 2.50. The van der Waals surface area contributed by atoms with Crippen LogP contribution in [0.2, 0.25) is 5.15 Å². The molecular weight excluding hydrogens is 520 g/mol. The summed E-state index contributed by atoms with van der Waals surface area (Å²) in [5.74, 6) is -0.421. The van der Waals surface area contributed by atoms with E-state index in [1.54, 1.807) is 0 Å². The van der Waals surface area contributed by atoms with Crippen LogP contribution in [0.3, 0.4) is 0 Å². The van der Waals surface area contributed by atoms with Gasteiger partial charge in [0.1, 0.15) is 23.9 Å². The largest absolute Gasteiger partial charge is 0.461 e. The summed E-state index contributed by atoms with van der Waals surface area (Å²) in [5.41, 5.74) is -0.898. The summed E-state index contributed by atoms with van der Waals surface area (Å²) < 4.78 is 41.0. The van der Waals surface area contributed by atoms with E-state index in [0.29, 0.717) is 31.9 Å². The number of halogens is 3. The third-order valence-corrected chi connectivity index (χ3v) is 8.33. The van der Waals surface area contributed by atoms with Gasteiger partial charge in [-0.3, -0.25) is 9.80 Å². The minimum Gasteiger partial charge on any atom is -0.461 e. The zero-order valence-electron chi connectivity index (χ0n) is 21.8. The Morgan fingerprint density at radius 3 is 2.58 bits per heavy atom. The summed E-state index contributed by atoms with van der Waals surface area (Å²) >= 11 is 5.94. The van der Waals surface area contributed by atoms with E-state index in [2.05, 4.69) is 25.1 Å². The molecule has 38 heavy (non-hydrogen) atoms. The number of rotatable bonds is 4. The molecule has 4 atom stereocenters. The Balaban J connectivity index is 1.30.